The van der Waals surface area contributed by atoms with Crippen LogP contribution < -0.4 is 5.32 Å². The average Bonchev–Trinajstić information content (AvgIpc) is 3.12. The third-order valence-electron chi connectivity index (χ3n) is 4.40. The van der Waals surface area contributed by atoms with Crippen molar-refractivity contribution < 1.29 is 9.21 Å². The summed E-state index contributed by atoms with van der Waals surface area (Å²) < 4.78 is 5.62. The molecule has 0 radical (unpaired) electrons. The van der Waals surface area contributed by atoms with Crippen molar-refractivity contribution in [3.63, 3.8) is 0 Å². The van der Waals surface area contributed by atoms with Crippen LogP contribution in [0.4, 0.5) is 0 Å². The van der Waals surface area contributed by atoms with Crippen molar-refractivity contribution in [2.75, 3.05) is 6.54 Å². The molecule has 4 nitrogen and oxygen atoms in total. The van der Waals surface area contributed by atoms with Crippen LogP contribution in [0.15, 0.2) is 46.9 Å². The number of nitrogens with one attached hydrogen (secondary N) is 1. The Kier molecular flexibility index (Phi) is 5.13. The standard InChI is InChI=1S/C19H24N2O2/c1-15-7-9-18(23-15)14-21-17(8-10-19(21)22)11-12-20-13-16-5-3-2-4-6-16/h2-7,9,17,20H,8,10-14H2,1H3/t17-/m1/s1. The summed E-state index contributed by atoms with van der Waals surface area (Å²) in [7, 11) is 0. The van der Waals surface area contributed by atoms with Crippen LogP contribution in [-0.2, 0) is 17.9 Å². The number of carbonyl (C=O) groups is 1. The number of furan rings is 1. The Balaban J connectivity index is 1.47. The van der Waals surface area contributed by atoms with Gasteiger partial charge in [0.2, 0.25) is 5.91 Å². The van der Waals surface area contributed by atoms with E-state index in [1.54, 1.807) is 0 Å². The van der Waals surface area contributed by atoms with Gasteiger partial charge < -0.3 is 14.6 Å². The van der Waals surface area contributed by atoms with Crippen LogP contribution in [0.25, 0.3) is 0 Å². The highest BCUT2D eigenvalue weighted by Gasteiger charge is 2.30. The molecule has 0 aliphatic carbocycles. The molecule has 0 spiro atoms. The predicted octanol–water partition coefficient (Wildman–Crippen LogP) is 3.26. The summed E-state index contributed by atoms with van der Waals surface area (Å²) in [6.07, 6.45) is 2.59. The lowest BCUT2D eigenvalue weighted by atomic mass is 10.1. The molecule has 1 fully saturated rings. The fourth-order valence-corrected chi connectivity index (χ4v) is 3.15. The second-order valence-corrected chi connectivity index (χ2v) is 6.18. The van der Waals surface area contributed by atoms with Gasteiger partial charge in [-0.3, -0.25) is 4.79 Å². The largest absolute Gasteiger partial charge is 0.464 e. The molecule has 4 heteroatoms. The van der Waals surface area contributed by atoms with Crippen molar-refractivity contribution in [3.8, 4) is 0 Å². The molecular weight excluding hydrogens is 288 g/mol. The van der Waals surface area contributed by atoms with E-state index in [0.717, 1.165) is 37.5 Å². The van der Waals surface area contributed by atoms with Crippen molar-refractivity contribution >= 4 is 5.91 Å². The molecule has 23 heavy (non-hydrogen) atoms. The number of carbonyl (C=O) groups excluding carboxylic acids is 1. The van der Waals surface area contributed by atoms with Crippen LogP contribution in [0.3, 0.4) is 0 Å². The average molecular weight is 312 g/mol. The van der Waals surface area contributed by atoms with Crippen LogP contribution in [-0.4, -0.2) is 23.4 Å². The van der Waals surface area contributed by atoms with E-state index in [1.165, 1.54) is 5.56 Å². The van der Waals surface area contributed by atoms with Gasteiger partial charge in [0, 0.05) is 19.0 Å². The van der Waals surface area contributed by atoms with Crippen molar-refractivity contribution in [2.45, 2.75) is 45.3 Å². The number of aryl methyl sites for hydroxylation is 1. The predicted molar refractivity (Wildman–Crippen MR) is 89.8 cm³/mol. The van der Waals surface area contributed by atoms with Gasteiger partial charge in [0.1, 0.15) is 11.5 Å². The lowest BCUT2D eigenvalue weighted by molar-refractivity contribution is -0.129. The minimum Gasteiger partial charge on any atom is -0.464 e. The second-order valence-electron chi connectivity index (χ2n) is 6.18. The molecule has 1 aromatic heterocycles. The van der Waals surface area contributed by atoms with E-state index in [-0.39, 0.29) is 5.91 Å². The number of likely N-dealkylation sites (tertiary alicyclic amines) is 1. The molecular formula is C19H24N2O2. The zero-order valence-corrected chi connectivity index (χ0v) is 13.6. The van der Waals surface area contributed by atoms with Gasteiger partial charge in [-0.15, -0.1) is 0 Å². The Morgan fingerprint density at radius 1 is 1.22 bits per heavy atom. The molecule has 2 aromatic rings. The molecule has 0 bridgehead atoms. The monoisotopic (exact) mass is 312 g/mol. The maximum atomic E-state index is 12.1. The zero-order chi connectivity index (χ0) is 16.1. The van der Waals surface area contributed by atoms with Crippen LogP contribution in [0, 0.1) is 6.92 Å². The van der Waals surface area contributed by atoms with Crippen LogP contribution in [0.1, 0.15) is 36.3 Å². The fourth-order valence-electron chi connectivity index (χ4n) is 3.15. The van der Waals surface area contributed by atoms with Gasteiger partial charge in [0.25, 0.3) is 0 Å². The number of hydrogen-bond donors (Lipinski definition) is 1. The molecule has 2 heterocycles. The van der Waals surface area contributed by atoms with E-state index in [2.05, 4.69) is 29.6 Å². The maximum absolute atomic E-state index is 12.1. The summed E-state index contributed by atoms with van der Waals surface area (Å²) in [5.41, 5.74) is 1.29. The normalized spacial score (nSPS) is 17.9. The van der Waals surface area contributed by atoms with Gasteiger partial charge in [0.05, 0.1) is 6.54 Å². The van der Waals surface area contributed by atoms with Gasteiger partial charge in [-0.1, -0.05) is 30.3 Å². The number of rotatable bonds is 7. The van der Waals surface area contributed by atoms with Crippen molar-refractivity contribution in [2.24, 2.45) is 0 Å². The summed E-state index contributed by atoms with van der Waals surface area (Å²) >= 11 is 0. The third-order valence-corrected chi connectivity index (χ3v) is 4.40. The fraction of sp³-hybridized carbons (Fsp3) is 0.421. The first-order valence-electron chi connectivity index (χ1n) is 8.32. The highest BCUT2D eigenvalue weighted by Crippen LogP contribution is 2.24. The molecule has 1 aliphatic rings. The first-order chi connectivity index (χ1) is 11.2. The topological polar surface area (TPSA) is 45.5 Å². The van der Waals surface area contributed by atoms with Gasteiger partial charge in [0.15, 0.2) is 0 Å². The number of hydrogen-bond acceptors (Lipinski definition) is 3. The highest BCUT2D eigenvalue weighted by molar-refractivity contribution is 5.78. The van der Waals surface area contributed by atoms with Gasteiger partial charge >= 0.3 is 0 Å². The zero-order valence-electron chi connectivity index (χ0n) is 13.6. The van der Waals surface area contributed by atoms with Crippen LogP contribution in [0.2, 0.25) is 0 Å². The first kappa shape index (κ1) is 15.8. The van der Waals surface area contributed by atoms with Gasteiger partial charge in [-0.05, 0) is 44.0 Å². The summed E-state index contributed by atoms with van der Waals surface area (Å²) in [5.74, 6) is 2.01. The lowest BCUT2D eigenvalue weighted by Crippen LogP contribution is -2.34. The molecule has 0 saturated carbocycles. The molecule has 1 atom stereocenters. The molecule has 122 valence electrons. The molecule has 1 saturated heterocycles. The van der Waals surface area contributed by atoms with Gasteiger partial charge in [-0.2, -0.15) is 0 Å². The summed E-state index contributed by atoms with van der Waals surface area (Å²) in [4.78, 5) is 14.1. The van der Waals surface area contributed by atoms with Crippen LogP contribution >= 0.6 is 0 Å². The first-order valence-corrected chi connectivity index (χ1v) is 8.32. The minimum absolute atomic E-state index is 0.243. The van der Waals surface area contributed by atoms with Crippen molar-refractivity contribution in [1.82, 2.24) is 10.2 Å². The molecule has 3 rings (SSSR count). The quantitative estimate of drug-likeness (QED) is 0.798. The summed E-state index contributed by atoms with van der Waals surface area (Å²) in [5, 5.41) is 3.47. The molecule has 1 aliphatic heterocycles. The third kappa shape index (κ3) is 4.23. The smallest absolute Gasteiger partial charge is 0.223 e. The SMILES string of the molecule is Cc1ccc(CN2C(=O)CC[C@@H]2CCNCc2ccccc2)o1. The maximum Gasteiger partial charge on any atom is 0.223 e. The van der Waals surface area contributed by atoms with Crippen molar-refractivity contribution in [3.05, 3.63) is 59.5 Å². The van der Waals surface area contributed by atoms with Crippen molar-refractivity contribution in [1.29, 1.82) is 0 Å². The molecule has 1 amide bonds. The number of benzene rings is 1. The molecule has 1 N–H and O–H groups in total. The van der Waals surface area contributed by atoms with E-state index < -0.39 is 0 Å². The Labute approximate surface area is 137 Å². The second kappa shape index (κ2) is 7.47. The Hall–Kier alpha value is -2.07. The van der Waals surface area contributed by atoms with E-state index in [4.69, 9.17) is 4.42 Å². The summed E-state index contributed by atoms with van der Waals surface area (Å²) in [6.45, 7) is 4.32. The highest BCUT2D eigenvalue weighted by atomic mass is 16.3. The van der Waals surface area contributed by atoms with Crippen LogP contribution in [0.5, 0.6) is 0 Å². The van der Waals surface area contributed by atoms with E-state index in [1.807, 2.05) is 30.0 Å². The lowest BCUT2D eigenvalue weighted by Gasteiger charge is -2.24. The number of nitrogens with zero attached hydrogens (tertiary/aromatic N) is 1. The van der Waals surface area contributed by atoms with E-state index in [0.29, 0.717) is 19.0 Å². The minimum atomic E-state index is 0.243. The summed E-state index contributed by atoms with van der Waals surface area (Å²) in [6, 6.07) is 14.6. The Morgan fingerprint density at radius 2 is 2.04 bits per heavy atom. The Bertz CT molecular complexity index is 636. The Morgan fingerprint density at radius 3 is 2.78 bits per heavy atom. The molecule has 1 aromatic carbocycles. The van der Waals surface area contributed by atoms with Gasteiger partial charge in [-0.25, -0.2) is 0 Å². The van der Waals surface area contributed by atoms with E-state index >= 15 is 0 Å². The molecule has 0 unspecified atom stereocenters. The van der Waals surface area contributed by atoms with E-state index in [9.17, 15) is 4.79 Å². The number of amides is 1.